The lowest BCUT2D eigenvalue weighted by Gasteiger charge is -2.29. The first-order valence-corrected chi connectivity index (χ1v) is 7.61. The van der Waals surface area contributed by atoms with Gasteiger partial charge in [-0.15, -0.1) is 11.3 Å². The number of nitrogens with one attached hydrogen (secondary N) is 1. The van der Waals surface area contributed by atoms with Crippen LogP contribution >= 0.6 is 11.3 Å². The van der Waals surface area contributed by atoms with Crippen LogP contribution in [0.25, 0.3) is 0 Å². The molecule has 0 unspecified atom stereocenters. The highest BCUT2D eigenvalue weighted by Gasteiger charge is 2.18. The van der Waals surface area contributed by atoms with Crippen molar-refractivity contribution in [3.63, 3.8) is 0 Å². The lowest BCUT2D eigenvalue weighted by Crippen LogP contribution is -2.49. The Hall–Kier alpha value is -0.910. The first kappa shape index (κ1) is 14.5. The van der Waals surface area contributed by atoms with Gasteiger partial charge < -0.3 is 10.2 Å². The van der Waals surface area contributed by atoms with Gasteiger partial charge in [0, 0.05) is 42.5 Å². The molecule has 5 heteroatoms. The maximum atomic E-state index is 12.1. The molecule has 106 valence electrons. The van der Waals surface area contributed by atoms with E-state index in [-0.39, 0.29) is 5.91 Å². The van der Waals surface area contributed by atoms with Crippen LogP contribution in [0.4, 0.5) is 0 Å². The van der Waals surface area contributed by atoms with E-state index in [9.17, 15) is 4.79 Å². The third kappa shape index (κ3) is 4.03. The number of hydrogen-bond donors (Lipinski definition) is 1. The molecule has 2 heterocycles. The number of thiophene rings is 1. The van der Waals surface area contributed by atoms with Crippen LogP contribution < -0.4 is 5.32 Å². The van der Waals surface area contributed by atoms with Crippen LogP contribution in [-0.4, -0.2) is 55.5 Å². The smallest absolute Gasteiger partial charge is 0.236 e. The lowest BCUT2D eigenvalue weighted by molar-refractivity contribution is -0.132. The van der Waals surface area contributed by atoms with E-state index in [1.807, 2.05) is 23.3 Å². The van der Waals surface area contributed by atoms with E-state index in [1.165, 1.54) is 15.3 Å². The summed E-state index contributed by atoms with van der Waals surface area (Å²) < 4.78 is 0. The molecule has 0 radical (unpaired) electrons. The molecule has 1 aromatic rings. The molecular formula is C14H23N3OS. The van der Waals surface area contributed by atoms with Crippen molar-refractivity contribution in [2.45, 2.75) is 20.4 Å². The molecule has 1 aromatic heterocycles. The van der Waals surface area contributed by atoms with Crippen LogP contribution in [0, 0.1) is 13.8 Å². The predicted octanol–water partition coefficient (Wildman–Crippen LogP) is 1.23. The van der Waals surface area contributed by atoms with Gasteiger partial charge in [0.1, 0.15) is 0 Å². The number of carbonyl (C=O) groups excluding carboxylic acids is 1. The zero-order chi connectivity index (χ0) is 13.8. The number of amides is 1. The van der Waals surface area contributed by atoms with Crippen molar-refractivity contribution in [1.82, 2.24) is 15.1 Å². The average Bonchev–Trinajstić information content (AvgIpc) is 2.68. The van der Waals surface area contributed by atoms with Crippen LogP contribution in [0.15, 0.2) is 6.07 Å². The minimum Gasteiger partial charge on any atom is -0.339 e. The number of likely N-dealkylation sites (N-methyl/N-ethyl adjacent to an activating group) is 1. The highest BCUT2D eigenvalue weighted by Crippen LogP contribution is 2.21. The Morgan fingerprint density at radius 1 is 1.42 bits per heavy atom. The highest BCUT2D eigenvalue weighted by molar-refractivity contribution is 7.12. The summed E-state index contributed by atoms with van der Waals surface area (Å²) in [6, 6.07) is 2.23. The van der Waals surface area contributed by atoms with E-state index in [4.69, 9.17) is 0 Å². The van der Waals surface area contributed by atoms with Gasteiger partial charge in [-0.2, -0.15) is 0 Å². The van der Waals surface area contributed by atoms with Crippen LogP contribution in [0.1, 0.15) is 15.3 Å². The van der Waals surface area contributed by atoms with Crippen molar-refractivity contribution in [2.75, 3.05) is 39.8 Å². The monoisotopic (exact) mass is 281 g/mol. The van der Waals surface area contributed by atoms with E-state index >= 15 is 0 Å². The molecule has 0 aliphatic carbocycles. The van der Waals surface area contributed by atoms with Crippen molar-refractivity contribution < 1.29 is 4.79 Å². The summed E-state index contributed by atoms with van der Waals surface area (Å²) in [6.45, 7) is 9.15. The second kappa shape index (κ2) is 6.50. The van der Waals surface area contributed by atoms with Gasteiger partial charge in [0.15, 0.2) is 0 Å². The van der Waals surface area contributed by atoms with Gasteiger partial charge in [0.25, 0.3) is 0 Å². The Morgan fingerprint density at radius 3 is 2.68 bits per heavy atom. The van der Waals surface area contributed by atoms with E-state index in [0.717, 1.165) is 32.7 Å². The molecule has 0 aromatic carbocycles. The zero-order valence-electron chi connectivity index (χ0n) is 12.0. The van der Waals surface area contributed by atoms with Crippen molar-refractivity contribution in [3.05, 3.63) is 21.4 Å². The minimum atomic E-state index is 0.244. The number of rotatable bonds is 4. The second-order valence-corrected chi connectivity index (χ2v) is 6.70. The number of nitrogens with zero attached hydrogens (tertiary/aromatic N) is 2. The number of carbonyl (C=O) groups is 1. The second-order valence-electron chi connectivity index (χ2n) is 5.24. The maximum Gasteiger partial charge on any atom is 0.236 e. The zero-order valence-corrected chi connectivity index (χ0v) is 12.8. The molecular weight excluding hydrogens is 258 g/mol. The van der Waals surface area contributed by atoms with Gasteiger partial charge in [-0.3, -0.25) is 9.69 Å². The van der Waals surface area contributed by atoms with Crippen LogP contribution in [-0.2, 0) is 11.3 Å². The van der Waals surface area contributed by atoms with Gasteiger partial charge in [-0.05, 0) is 32.5 Å². The fourth-order valence-corrected chi connectivity index (χ4v) is 3.37. The van der Waals surface area contributed by atoms with Crippen molar-refractivity contribution >= 4 is 17.2 Å². The Morgan fingerprint density at radius 2 is 2.11 bits per heavy atom. The Kier molecular flexibility index (Phi) is 4.96. The summed E-state index contributed by atoms with van der Waals surface area (Å²) >= 11 is 1.83. The molecule has 1 saturated heterocycles. The van der Waals surface area contributed by atoms with Gasteiger partial charge in [-0.1, -0.05) is 0 Å². The largest absolute Gasteiger partial charge is 0.339 e. The molecule has 1 aliphatic heterocycles. The molecule has 0 saturated carbocycles. The summed E-state index contributed by atoms with van der Waals surface area (Å²) in [7, 11) is 2.02. The quantitative estimate of drug-likeness (QED) is 0.901. The molecule has 1 fully saturated rings. The van der Waals surface area contributed by atoms with Crippen molar-refractivity contribution in [1.29, 1.82) is 0 Å². The number of piperazine rings is 1. The SMILES string of the molecule is Cc1cc(CN(C)CC(=O)N2CCNCC2)c(C)s1. The lowest BCUT2D eigenvalue weighted by atomic mass is 10.2. The van der Waals surface area contributed by atoms with E-state index < -0.39 is 0 Å². The van der Waals surface area contributed by atoms with Crippen molar-refractivity contribution in [3.8, 4) is 0 Å². The first-order chi connectivity index (χ1) is 9.06. The third-order valence-corrected chi connectivity index (χ3v) is 4.47. The summed E-state index contributed by atoms with van der Waals surface area (Å²) in [5, 5.41) is 3.27. The molecule has 0 spiro atoms. The fraction of sp³-hybridized carbons (Fsp3) is 0.643. The van der Waals surface area contributed by atoms with E-state index in [0.29, 0.717) is 6.54 Å². The van der Waals surface area contributed by atoms with Crippen LogP contribution in [0.5, 0.6) is 0 Å². The van der Waals surface area contributed by atoms with E-state index in [1.54, 1.807) is 0 Å². The summed E-state index contributed by atoms with van der Waals surface area (Å²) in [4.78, 5) is 18.9. The summed E-state index contributed by atoms with van der Waals surface area (Å²) in [6.07, 6.45) is 0. The number of aryl methyl sites for hydroxylation is 2. The molecule has 19 heavy (non-hydrogen) atoms. The van der Waals surface area contributed by atoms with E-state index in [2.05, 4.69) is 30.1 Å². The summed E-state index contributed by atoms with van der Waals surface area (Å²) in [5.74, 6) is 0.244. The Bertz CT molecular complexity index is 438. The summed E-state index contributed by atoms with van der Waals surface area (Å²) in [5.41, 5.74) is 1.35. The Labute approximate surface area is 119 Å². The standard InChI is InChI=1S/C14H23N3OS/c1-11-8-13(12(2)19-11)9-16(3)10-14(18)17-6-4-15-5-7-17/h8,15H,4-7,9-10H2,1-3H3. The van der Waals surface area contributed by atoms with Gasteiger partial charge in [0.2, 0.25) is 5.91 Å². The fourth-order valence-electron chi connectivity index (χ4n) is 2.43. The van der Waals surface area contributed by atoms with Crippen LogP contribution in [0.3, 0.4) is 0 Å². The van der Waals surface area contributed by atoms with Crippen LogP contribution in [0.2, 0.25) is 0 Å². The molecule has 0 bridgehead atoms. The molecule has 2 rings (SSSR count). The topological polar surface area (TPSA) is 35.6 Å². The highest BCUT2D eigenvalue weighted by atomic mass is 32.1. The van der Waals surface area contributed by atoms with Crippen molar-refractivity contribution in [2.24, 2.45) is 0 Å². The molecule has 1 aliphatic rings. The molecule has 0 atom stereocenters. The predicted molar refractivity (Wildman–Crippen MR) is 79.6 cm³/mol. The molecule has 1 N–H and O–H groups in total. The van der Waals surface area contributed by atoms with Gasteiger partial charge in [-0.25, -0.2) is 0 Å². The third-order valence-electron chi connectivity index (χ3n) is 3.46. The van der Waals surface area contributed by atoms with Gasteiger partial charge >= 0.3 is 0 Å². The average molecular weight is 281 g/mol. The maximum absolute atomic E-state index is 12.1. The number of hydrogen-bond acceptors (Lipinski definition) is 4. The molecule has 1 amide bonds. The normalized spacial score (nSPS) is 16.1. The van der Waals surface area contributed by atoms with Gasteiger partial charge in [0.05, 0.1) is 6.54 Å². The molecule has 4 nitrogen and oxygen atoms in total. The Balaban J connectivity index is 1.85. The first-order valence-electron chi connectivity index (χ1n) is 6.79. The minimum absolute atomic E-state index is 0.244.